The number of halogens is 3. The third kappa shape index (κ3) is 2.91. The summed E-state index contributed by atoms with van der Waals surface area (Å²) in [5, 5.41) is 11.4. The van der Waals surface area contributed by atoms with Gasteiger partial charge in [0.05, 0.1) is 10.9 Å². The fraction of sp³-hybridized carbons (Fsp3) is 0.438. The Labute approximate surface area is 150 Å². The van der Waals surface area contributed by atoms with Crippen molar-refractivity contribution in [3.05, 3.63) is 23.8 Å². The van der Waals surface area contributed by atoms with Crippen molar-refractivity contribution in [3.63, 3.8) is 0 Å². The van der Waals surface area contributed by atoms with E-state index in [1.165, 1.54) is 23.9 Å². The molecule has 0 bridgehead atoms. The van der Waals surface area contributed by atoms with Gasteiger partial charge in [0.15, 0.2) is 5.41 Å². The van der Waals surface area contributed by atoms with Crippen LogP contribution in [0.4, 0.5) is 18.9 Å². The van der Waals surface area contributed by atoms with E-state index in [-0.39, 0.29) is 23.3 Å². The number of hydrogen-bond donors (Lipinski definition) is 2. The first kappa shape index (κ1) is 18.6. The van der Waals surface area contributed by atoms with Crippen LogP contribution < -0.4 is 5.32 Å². The number of hydrogen-bond acceptors (Lipinski definition) is 4. The topological polar surface area (TPSA) is 86.7 Å². The molecule has 1 saturated heterocycles. The molecule has 2 amide bonds. The van der Waals surface area contributed by atoms with Crippen LogP contribution in [0.3, 0.4) is 0 Å². The molecule has 3 rings (SSSR count). The molecule has 10 heteroatoms. The summed E-state index contributed by atoms with van der Waals surface area (Å²) < 4.78 is 39.7. The quantitative estimate of drug-likeness (QED) is 0.813. The third-order valence-electron chi connectivity index (χ3n) is 4.67. The molecular formula is C16H15F3N2O4S. The highest BCUT2D eigenvalue weighted by molar-refractivity contribution is 8.00. The molecular weight excluding hydrogens is 373 g/mol. The van der Waals surface area contributed by atoms with Gasteiger partial charge in [-0.2, -0.15) is 13.2 Å². The first-order valence-corrected chi connectivity index (χ1v) is 8.64. The minimum atomic E-state index is -4.95. The predicted octanol–water partition coefficient (Wildman–Crippen LogP) is 2.60. The van der Waals surface area contributed by atoms with E-state index < -0.39 is 36.4 Å². The van der Waals surface area contributed by atoms with Crippen molar-refractivity contribution in [2.45, 2.75) is 29.7 Å². The number of benzene rings is 1. The molecule has 2 aliphatic heterocycles. The number of likely N-dealkylation sites (tertiary alicyclic amines) is 1. The van der Waals surface area contributed by atoms with Gasteiger partial charge in [0.1, 0.15) is 0 Å². The molecule has 1 fully saturated rings. The summed E-state index contributed by atoms with van der Waals surface area (Å²) in [6.45, 7) is 0.495. The molecule has 6 nitrogen and oxygen atoms in total. The molecule has 2 N–H and O–H groups in total. The van der Waals surface area contributed by atoms with Gasteiger partial charge in [-0.05, 0) is 31.5 Å². The summed E-state index contributed by atoms with van der Waals surface area (Å²) in [7, 11) is 0. The van der Waals surface area contributed by atoms with E-state index in [9.17, 15) is 27.6 Å². The average molecular weight is 388 g/mol. The lowest BCUT2D eigenvalue weighted by atomic mass is 9.86. The maximum Gasteiger partial charge on any atom is 0.406 e. The van der Waals surface area contributed by atoms with Gasteiger partial charge in [-0.25, -0.2) is 0 Å². The molecule has 1 aromatic rings. The summed E-state index contributed by atoms with van der Waals surface area (Å²) in [5.41, 5.74) is -2.43. The van der Waals surface area contributed by atoms with Crippen molar-refractivity contribution in [2.75, 3.05) is 18.4 Å². The summed E-state index contributed by atoms with van der Waals surface area (Å²) in [4.78, 5) is 37.2. The molecule has 140 valence electrons. The number of alkyl halides is 3. The van der Waals surface area contributed by atoms with Gasteiger partial charge in [0.2, 0.25) is 5.91 Å². The van der Waals surface area contributed by atoms with Gasteiger partial charge in [0, 0.05) is 23.5 Å². The van der Waals surface area contributed by atoms with Gasteiger partial charge in [0.25, 0.3) is 5.91 Å². The second kappa shape index (κ2) is 6.19. The second-order valence-corrected chi connectivity index (χ2v) is 7.70. The van der Waals surface area contributed by atoms with Crippen LogP contribution >= 0.6 is 11.8 Å². The van der Waals surface area contributed by atoms with E-state index in [0.717, 1.165) is 9.80 Å². The van der Waals surface area contributed by atoms with Crippen molar-refractivity contribution < 1.29 is 32.7 Å². The third-order valence-corrected chi connectivity index (χ3v) is 5.84. The normalized spacial score (nSPS) is 25.6. The lowest BCUT2D eigenvalue weighted by Crippen LogP contribution is -2.47. The number of amides is 2. The highest BCUT2D eigenvalue weighted by atomic mass is 32.2. The Morgan fingerprint density at radius 1 is 1.38 bits per heavy atom. The molecule has 2 atom stereocenters. The summed E-state index contributed by atoms with van der Waals surface area (Å²) in [6, 6.07) is 4.49. The van der Waals surface area contributed by atoms with Crippen molar-refractivity contribution in [2.24, 2.45) is 5.41 Å². The minimum absolute atomic E-state index is 0.0996. The Kier molecular flexibility index (Phi) is 4.41. The van der Waals surface area contributed by atoms with Crippen molar-refractivity contribution >= 4 is 35.2 Å². The van der Waals surface area contributed by atoms with Crippen LogP contribution in [-0.2, 0) is 9.59 Å². The number of carbonyl (C=O) groups is 3. The van der Waals surface area contributed by atoms with Crippen molar-refractivity contribution in [1.29, 1.82) is 0 Å². The molecule has 26 heavy (non-hydrogen) atoms. The van der Waals surface area contributed by atoms with Gasteiger partial charge in [-0.1, -0.05) is 0 Å². The number of rotatable bonds is 2. The Morgan fingerprint density at radius 3 is 2.65 bits per heavy atom. The smallest absolute Gasteiger partial charge is 0.406 e. The minimum Gasteiger partial charge on any atom is -0.481 e. The Balaban J connectivity index is 1.84. The van der Waals surface area contributed by atoms with Gasteiger partial charge in [-0.15, -0.1) is 11.8 Å². The van der Waals surface area contributed by atoms with E-state index in [2.05, 4.69) is 5.32 Å². The molecule has 2 aliphatic rings. The number of carbonyl (C=O) groups excluding carboxylic acids is 2. The van der Waals surface area contributed by atoms with Crippen LogP contribution in [0.25, 0.3) is 0 Å². The van der Waals surface area contributed by atoms with Crippen LogP contribution in [0.1, 0.15) is 23.7 Å². The van der Waals surface area contributed by atoms with Crippen LogP contribution in [0.5, 0.6) is 0 Å². The predicted molar refractivity (Wildman–Crippen MR) is 87.0 cm³/mol. The maximum absolute atomic E-state index is 13.2. The van der Waals surface area contributed by atoms with Gasteiger partial charge < -0.3 is 15.3 Å². The first-order chi connectivity index (χ1) is 12.0. The molecule has 0 radical (unpaired) electrons. The highest BCUT2D eigenvalue weighted by Crippen LogP contribution is 2.46. The zero-order valence-electron chi connectivity index (χ0n) is 13.6. The van der Waals surface area contributed by atoms with Crippen molar-refractivity contribution in [1.82, 2.24) is 4.90 Å². The first-order valence-electron chi connectivity index (χ1n) is 7.76. The van der Waals surface area contributed by atoms with Gasteiger partial charge in [-0.3, -0.25) is 14.4 Å². The van der Waals surface area contributed by atoms with Crippen LogP contribution in [0, 0.1) is 5.41 Å². The zero-order valence-corrected chi connectivity index (χ0v) is 14.4. The monoisotopic (exact) mass is 388 g/mol. The van der Waals surface area contributed by atoms with E-state index in [4.69, 9.17) is 5.11 Å². The standard InChI is InChI=1S/C16H15F3N2O4S/c1-8-12(22)20-10-6-9(2-3-11(10)26-8)13(23)21-5-4-15(7-21,14(24)25)16(17,18)19/h2-3,6,8H,4-5,7H2,1H3,(H,20,22)(H,24,25). The average Bonchev–Trinajstić information content (AvgIpc) is 3.01. The molecule has 2 heterocycles. The fourth-order valence-corrected chi connectivity index (χ4v) is 3.97. The number of fused-ring (bicyclic) bond motifs is 1. The maximum atomic E-state index is 13.2. The number of nitrogens with zero attached hydrogens (tertiary/aromatic N) is 1. The zero-order chi connectivity index (χ0) is 19.3. The van der Waals surface area contributed by atoms with Crippen LogP contribution in [0.2, 0.25) is 0 Å². The molecule has 0 aromatic heterocycles. The molecule has 0 aliphatic carbocycles. The van der Waals surface area contributed by atoms with E-state index >= 15 is 0 Å². The lowest BCUT2D eigenvalue weighted by molar-refractivity contribution is -0.227. The van der Waals surface area contributed by atoms with Crippen molar-refractivity contribution in [3.8, 4) is 0 Å². The number of carboxylic acids is 1. The highest BCUT2D eigenvalue weighted by Gasteiger charge is 2.64. The number of carboxylic acid groups (broad SMARTS) is 1. The Morgan fingerprint density at radius 2 is 2.08 bits per heavy atom. The van der Waals surface area contributed by atoms with E-state index in [1.807, 2.05) is 0 Å². The van der Waals surface area contributed by atoms with E-state index in [1.54, 1.807) is 13.0 Å². The van der Waals surface area contributed by atoms with E-state index in [0.29, 0.717) is 5.69 Å². The SMILES string of the molecule is CC1Sc2ccc(C(=O)N3CCC(C(=O)O)(C(F)(F)F)C3)cc2NC1=O. The van der Waals surface area contributed by atoms with Gasteiger partial charge >= 0.3 is 12.1 Å². The Bertz CT molecular complexity index is 798. The number of thioether (sulfide) groups is 1. The fourth-order valence-electron chi connectivity index (χ4n) is 3.03. The summed E-state index contributed by atoms with van der Waals surface area (Å²) in [5.74, 6) is -2.91. The van der Waals surface area contributed by atoms with Crippen LogP contribution in [-0.4, -0.2) is 52.3 Å². The Hall–Kier alpha value is -2.23. The molecule has 0 spiro atoms. The lowest BCUT2D eigenvalue weighted by Gasteiger charge is -2.27. The number of nitrogens with one attached hydrogen (secondary N) is 1. The summed E-state index contributed by atoms with van der Waals surface area (Å²) in [6.07, 6.45) is -5.64. The largest absolute Gasteiger partial charge is 0.481 e. The number of anilines is 1. The summed E-state index contributed by atoms with van der Waals surface area (Å²) >= 11 is 1.32. The van der Waals surface area contributed by atoms with Crippen LogP contribution in [0.15, 0.2) is 23.1 Å². The molecule has 0 saturated carbocycles. The number of aliphatic carboxylic acids is 1. The second-order valence-electron chi connectivity index (χ2n) is 6.32. The molecule has 2 unspecified atom stereocenters. The molecule has 1 aromatic carbocycles.